The molecule has 1 aromatic carbocycles. The maximum absolute atomic E-state index is 12.3. The number of aliphatic imine (C=N–C) groups is 1. The van der Waals surface area contributed by atoms with Crippen LogP contribution in [0.2, 0.25) is 0 Å². The summed E-state index contributed by atoms with van der Waals surface area (Å²) in [4.78, 5) is 16.2. The Balaban J connectivity index is 0.000000176. The average molecular weight is 429 g/mol. The van der Waals surface area contributed by atoms with Gasteiger partial charge in [-0.15, -0.1) is 0 Å². The van der Waals surface area contributed by atoms with Gasteiger partial charge < -0.3 is 21.9 Å². The number of nitrogens with two attached hydrogens (primary N) is 3. The molecule has 8 nitrogen and oxygen atoms in total. The highest BCUT2D eigenvalue weighted by Gasteiger charge is 2.22. The third kappa shape index (κ3) is 5.21. The SMILES string of the molecule is COc1cccc2c(N=CN)nc(N)nc12.NC(c1ccc(C2CCC2)nc1)C(F)F. The minimum atomic E-state index is -2.53. The Bertz CT molecular complexity index is 1040. The molecule has 31 heavy (non-hydrogen) atoms. The van der Waals surface area contributed by atoms with Gasteiger partial charge in [-0.25, -0.2) is 18.8 Å². The molecule has 0 aliphatic heterocycles. The molecular formula is C21H25F2N7O. The second kappa shape index (κ2) is 10.1. The van der Waals surface area contributed by atoms with Gasteiger partial charge in [0, 0.05) is 23.2 Å². The molecule has 4 rings (SSSR count). The van der Waals surface area contributed by atoms with Gasteiger partial charge in [-0.3, -0.25) is 4.98 Å². The zero-order chi connectivity index (χ0) is 22.4. The second-order valence-electron chi connectivity index (χ2n) is 7.04. The number of nitrogen functional groups attached to an aromatic ring is 1. The number of pyridine rings is 1. The van der Waals surface area contributed by atoms with Gasteiger partial charge in [0.2, 0.25) is 5.95 Å². The predicted molar refractivity (Wildman–Crippen MR) is 117 cm³/mol. The summed E-state index contributed by atoms with van der Waals surface area (Å²) in [5.41, 5.74) is 18.2. The molecule has 3 aromatic rings. The van der Waals surface area contributed by atoms with Crippen molar-refractivity contribution < 1.29 is 13.5 Å². The lowest BCUT2D eigenvalue weighted by Crippen LogP contribution is -2.19. The molecule has 2 aromatic heterocycles. The first-order chi connectivity index (χ1) is 14.9. The van der Waals surface area contributed by atoms with E-state index in [1.165, 1.54) is 19.0 Å². The van der Waals surface area contributed by atoms with E-state index in [1.54, 1.807) is 19.2 Å². The number of alkyl halides is 2. The number of aromatic nitrogens is 3. The van der Waals surface area contributed by atoms with E-state index in [2.05, 4.69) is 19.9 Å². The summed E-state index contributed by atoms with van der Waals surface area (Å²) in [5.74, 6) is 1.73. The lowest BCUT2D eigenvalue weighted by atomic mass is 9.82. The Labute approximate surface area is 178 Å². The monoisotopic (exact) mass is 429 g/mol. The van der Waals surface area contributed by atoms with E-state index < -0.39 is 12.5 Å². The van der Waals surface area contributed by atoms with Gasteiger partial charge in [0.25, 0.3) is 6.43 Å². The van der Waals surface area contributed by atoms with E-state index in [1.807, 2.05) is 18.2 Å². The topological polar surface area (TPSA) is 138 Å². The molecule has 0 saturated heterocycles. The first kappa shape index (κ1) is 22.3. The van der Waals surface area contributed by atoms with Crippen LogP contribution in [0.5, 0.6) is 5.75 Å². The zero-order valence-corrected chi connectivity index (χ0v) is 17.1. The number of para-hydroxylation sites is 1. The van der Waals surface area contributed by atoms with Crippen molar-refractivity contribution in [1.29, 1.82) is 0 Å². The average Bonchev–Trinajstić information content (AvgIpc) is 2.73. The zero-order valence-electron chi connectivity index (χ0n) is 17.1. The molecule has 6 N–H and O–H groups in total. The maximum atomic E-state index is 12.3. The van der Waals surface area contributed by atoms with E-state index in [-0.39, 0.29) is 5.95 Å². The number of fused-ring (bicyclic) bond motifs is 1. The molecule has 10 heteroatoms. The molecule has 0 spiro atoms. The minimum absolute atomic E-state index is 0.137. The molecule has 1 aliphatic carbocycles. The molecule has 2 heterocycles. The first-order valence-corrected chi connectivity index (χ1v) is 9.78. The van der Waals surface area contributed by atoms with Crippen LogP contribution < -0.4 is 21.9 Å². The summed E-state index contributed by atoms with van der Waals surface area (Å²) >= 11 is 0. The fourth-order valence-corrected chi connectivity index (χ4v) is 3.17. The number of hydrogen-bond donors (Lipinski definition) is 3. The van der Waals surface area contributed by atoms with E-state index in [4.69, 9.17) is 21.9 Å². The van der Waals surface area contributed by atoms with Crippen molar-refractivity contribution in [2.75, 3.05) is 12.8 Å². The molecule has 1 aliphatic rings. The van der Waals surface area contributed by atoms with Crippen molar-refractivity contribution in [3.05, 3.63) is 47.8 Å². The van der Waals surface area contributed by atoms with Crippen molar-refractivity contribution in [2.45, 2.75) is 37.6 Å². The molecule has 1 fully saturated rings. The normalized spacial score (nSPS) is 14.9. The van der Waals surface area contributed by atoms with Crippen LogP contribution in [0.3, 0.4) is 0 Å². The molecule has 0 amide bonds. The van der Waals surface area contributed by atoms with Gasteiger partial charge in [-0.1, -0.05) is 18.6 Å². The third-order valence-corrected chi connectivity index (χ3v) is 5.09. The summed E-state index contributed by atoms with van der Waals surface area (Å²) in [6.07, 6.45) is 3.68. The van der Waals surface area contributed by atoms with Crippen molar-refractivity contribution in [3.63, 3.8) is 0 Å². The summed E-state index contributed by atoms with van der Waals surface area (Å²) in [5, 5.41) is 0.746. The highest BCUT2D eigenvalue weighted by atomic mass is 19.3. The van der Waals surface area contributed by atoms with E-state index in [9.17, 15) is 8.78 Å². The van der Waals surface area contributed by atoms with Gasteiger partial charge in [0.15, 0.2) is 5.82 Å². The van der Waals surface area contributed by atoms with Crippen LogP contribution in [0, 0.1) is 0 Å². The lowest BCUT2D eigenvalue weighted by molar-refractivity contribution is 0.116. The van der Waals surface area contributed by atoms with Crippen molar-refractivity contribution in [1.82, 2.24) is 15.0 Å². The van der Waals surface area contributed by atoms with Crippen LogP contribution in [0.4, 0.5) is 20.5 Å². The molecule has 1 unspecified atom stereocenters. The van der Waals surface area contributed by atoms with Crippen LogP contribution in [-0.4, -0.2) is 34.8 Å². The standard InChI is InChI=1S/C11H14F2N2.C10H11N5O/c12-11(13)10(14)8-4-5-9(15-6-8)7-2-1-3-7;1-16-7-4-2-3-6-8(7)14-10(12)15-9(6)13-5-11/h4-7,10-11H,1-3,14H2;2-5H,1H3,(H4,11,12,13,14,15). The van der Waals surface area contributed by atoms with Crippen LogP contribution in [0.25, 0.3) is 10.9 Å². The number of ether oxygens (including phenoxy) is 1. The summed E-state index contributed by atoms with van der Waals surface area (Å²) in [6.45, 7) is 0. The summed E-state index contributed by atoms with van der Waals surface area (Å²) in [6, 6.07) is 7.73. The van der Waals surface area contributed by atoms with Crippen molar-refractivity contribution >= 4 is 29.0 Å². The molecule has 0 radical (unpaired) electrons. The van der Waals surface area contributed by atoms with Crippen molar-refractivity contribution in [3.8, 4) is 5.75 Å². The summed E-state index contributed by atoms with van der Waals surface area (Å²) in [7, 11) is 1.57. The number of nitrogens with zero attached hydrogens (tertiary/aromatic N) is 4. The Hall–Kier alpha value is -3.40. The quantitative estimate of drug-likeness (QED) is 0.417. The fourth-order valence-electron chi connectivity index (χ4n) is 3.17. The van der Waals surface area contributed by atoms with Gasteiger partial charge in [-0.05, 0) is 36.6 Å². The Kier molecular flexibility index (Phi) is 7.24. The second-order valence-corrected chi connectivity index (χ2v) is 7.04. The Morgan fingerprint density at radius 3 is 2.52 bits per heavy atom. The van der Waals surface area contributed by atoms with E-state index in [0.717, 1.165) is 23.9 Å². The lowest BCUT2D eigenvalue weighted by Gasteiger charge is -2.24. The van der Waals surface area contributed by atoms with Gasteiger partial charge in [0.05, 0.1) is 19.5 Å². The number of benzene rings is 1. The molecule has 1 atom stereocenters. The number of anilines is 1. The van der Waals surface area contributed by atoms with E-state index >= 15 is 0 Å². The highest BCUT2D eigenvalue weighted by Crippen LogP contribution is 2.35. The number of rotatable bonds is 5. The van der Waals surface area contributed by atoms with Crippen LogP contribution >= 0.6 is 0 Å². The third-order valence-electron chi connectivity index (χ3n) is 5.09. The minimum Gasteiger partial charge on any atom is -0.494 e. The van der Waals surface area contributed by atoms with Crippen LogP contribution in [0.15, 0.2) is 41.5 Å². The largest absolute Gasteiger partial charge is 0.494 e. The smallest absolute Gasteiger partial charge is 0.257 e. The molecule has 1 saturated carbocycles. The molecule has 0 bridgehead atoms. The maximum Gasteiger partial charge on any atom is 0.257 e. The Morgan fingerprint density at radius 2 is 1.97 bits per heavy atom. The van der Waals surface area contributed by atoms with Crippen molar-refractivity contribution in [2.24, 2.45) is 16.5 Å². The highest BCUT2D eigenvalue weighted by molar-refractivity contribution is 5.93. The van der Waals surface area contributed by atoms with Crippen LogP contribution in [0.1, 0.15) is 42.5 Å². The number of halogens is 2. The Morgan fingerprint density at radius 1 is 1.19 bits per heavy atom. The molecule has 164 valence electrons. The van der Waals surface area contributed by atoms with Gasteiger partial charge >= 0.3 is 0 Å². The first-order valence-electron chi connectivity index (χ1n) is 9.78. The summed E-state index contributed by atoms with van der Waals surface area (Å²) < 4.78 is 29.8. The van der Waals surface area contributed by atoms with Gasteiger partial charge in [-0.2, -0.15) is 4.98 Å². The predicted octanol–water partition coefficient (Wildman–Crippen LogP) is 3.45. The molecular weight excluding hydrogens is 404 g/mol. The fraction of sp³-hybridized carbons (Fsp3) is 0.333. The van der Waals surface area contributed by atoms with Crippen LogP contribution in [-0.2, 0) is 0 Å². The number of hydrogen-bond acceptors (Lipinski definition) is 7. The van der Waals surface area contributed by atoms with Gasteiger partial charge in [0.1, 0.15) is 11.3 Å². The number of methoxy groups -OCH3 is 1. The van der Waals surface area contributed by atoms with E-state index in [0.29, 0.717) is 28.6 Å².